The Balaban J connectivity index is 1.33. The molecule has 5 nitrogen and oxygen atoms in total. The molecular weight excluding hydrogens is 496 g/mol. The fraction of sp³-hybridized carbons (Fsp3) is 0.657. The lowest BCUT2D eigenvalue weighted by atomic mass is 9.45. The summed E-state index contributed by atoms with van der Waals surface area (Å²) >= 11 is 0. The molecule has 0 aliphatic heterocycles. The minimum atomic E-state index is -0.358. The van der Waals surface area contributed by atoms with Crippen LogP contribution < -0.4 is 10.6 Å². The van der Waals surface area contributed by atoms with Gasteiger partial charge in [0.05, 0.1) is 6.04 Å². The molecule has 0 aromatic heterocycles. The van der Waals surface area contributed by atoms with Gasteiger partial charge in [-0.2, -0.15) is 0 Å². The number of allylic oxidation sites excluding steroid dienone is 2. The zero-order valence-electron chi connectivity index (χ0n) is 25.3. The summed E-state index contributed by atoms with van der Waals surface area (Å²) in [5, 5.41) is 6.86. The molecule has 2 N–H and O–H groups in total. The van der Waals surface area contributed by atoms with Crippen molar-refractivity contribution < 1.29 is 14.3 Å². The Morgan fingerprint density at radius 3 is 2.42 bits per heavy atom. The van der Waals surface area contributed by atoms with Crippen LogP contribution in [0.5, 0.6) is 0 Å². The number of amides is 1. The van der Waals surface area contributed by atoms with Crippen LogP contribution in [0.15, 0.2) is 54.1 Å². The van der Waals surface area contributed by atoms with Crippen LogP contribution in [0.1, 0.15) is 89.9 Å². The van der Waals surface area contributed by atoms with Gasteiger partial charge in [-0.1, -0.05) is 49.8 Å². The Morgan fingerprint density at radius 1 is 0.975 bits per heavy atom. The third-order valence-electron chi connectivity index (χ3n) is 12.8. The van der Waals surface area contributed by atoms with Crippen LogP contribution in [0.25, 0.3) is 0 Å². The highest BCUT2D eigenvalue weighted by atomic mass is 16.5. The Labute approximate surface area is 240 Å². The summed E-state index contributed by atoms with van der Waals surface area (Å²) in [4.78, 5) is 26.3. The van der Waals surface area contributed by atoms with Crippen LogP contribution in [0.4, 0.5) is 0 Å². The Bertz CT molecular complexity index is 1240. The highest BCUT2D eigenvalue weighted by molar-refractivity contribution is 5.94. The van der Waals surface area contributed by atoms with E-state index in [9.17, 15) is 9.59 Å². The largest absolute Gasteiger partial charge is 0.456 e. The van der Waals surface area contributed by atoms with Crippen molar-refractivity contribution in [1.82, 2.24) is 10.6 Å². The molecule has 1 amide bonds. The fourth-order valence-corrected chi connectivity index (χ4v) is 10.6. The molecular formula is C35H48N2O3. The van der Waals surface area contributed by atoms with E-state index in [1.165, 1.54) is 32.1 Å². The maximum Gasteiger partial charge on any atom is 0.331 e. The number of fused-ring (bicyclic) bond motifs is 2. The summed E-state index contributed by atoms with van der Waals surface area (Å²) in [6.07, 6.45) is 14.4. The highest BCUT2D eigenvalue weighted by Gasteiger charge is 2.81. The van der Waals surface area contributed by atoms with Gasteiger partial charge in [0, 0.05) is 23.6 Å². The number of hydrogen-bond acceptors (Lipinski definition) is 4. The maximum absolute atomic E-state index is 13.2. The van der Waals surface area contributed by atoms with Gasteiger partial charge in [-0.05, 0) is 118 Å². The third-order valence-corrected chi connectivity index (χ3v) is 12.8. The molecule has 0 heterocycles. The molecule has 10 unspecified atom stereocenters. The predicted octanol–water partition coefficient (Wildman–Crippen LogP) is 6.46. The van der Waals surface area contributed by atoms with Crippen LogP contribution in [0, 0.1) is 39.4 Å². The quantitative estimate of drug-likeness (QED) is 0.245. The van der Waals surface area contributed by atoms with Gasteiger partial charge in [-0.3, -0.25) is 4.79 Å². The van der Waals surface area contributed by atoms with E-state index >= 15 is 0 Å². The number of carbonyl (C=O) groups is 2. The Kier molecular flexibility index (Phi) is 6.64. The number of rotatable bonds is 6. The van der Waals surface area contributed by atoms with E-state index in [1.54, 1.807) is 6.08 Å². The molecule has 2 spiro atoms. The molecule has 0 bridgehead atoms. The van der Waals surface area contributed by atoms with Crippen LogP contribution in [-0.2, 0) is 9.53 Å². The van der Waals surface area contributed by atoms with Crippen molar-refractivity contribution >= 4 is 11.9 Å². The second kappa shape index (κ2) is 9.58. The van der Waals surface area contributed by atoms with Gasteiger partial charge in [-0.15, -0.1) is 0 Å². The van der Waals surface area contributed by atoms with E-state index < -0.39 is 0 Å². The van der Waals surface area contributed by atoms with Crippen molar-refractivity contribution in [2.75, 3.05) is 7.05 Å². The van der Waals surface area contributed by atoms with Gasteiger partial charge in [0.2, 0.25) is 0 Å². The molecule has 10 atom stereocenters. The molecule has 1 aromatic rings. The van der Waals surface area contributed by atoms with Gasteiger partial charge in [0.15, 0.2) is 0 Å². The smallest absolute Gasteiger partial charge is 0.331 e. The lowest BCUT2D eigenvalue weighted by molar-refractivity contribution is -0.154. The molecule has 0 saturated heterocycles. The maximum atomic E-state index is 13.2. The fourth-order valence-electron chi connectivity index (χ4n) is 10.6. The first kappa shape index (κ1) is 27.8. The van der Waals surface area contributed by atoms with E-state index in [0.717, 1.165) is 18.4 Å². The van der Waals surface area contributed by atoms with Gasteiger partial charge < -0.3 is 15.4 Å². The average molecular weight is 545 g/mol. The van der Waals surface area contributed by atoms with Crippen molar-refractivity contribution in [3.8, 4) is 0 Å². The molecule has 5 heteroatoms. The lowest BCUT2D eigenvalue weighted by Gasteiger charge is -2.60. The zero-order valence-corrected chi connectivity index (χ0v) is 25.3. The highest BCUT2D eigenvalue weighted by Crippen LogP contribution is 2.86. The van der Waals surface area contributed by atoms with Crippen molar-refractivity contribution in [2.45, 2.75) is 97.8 Å². The van der Waals surface area contributed by atoms with Crippen molar-refractivity contribution in [2.24, 2.45) is 39.4 Å². The molecule has 40 heavy (non-hydrogen) atoms. The first-order chi connectivity index (χ1) is 19.0. The zero-order chi connectivity index (χ0) is 28.5. The summed E-state index contributed by atoms with van der Waals surface area (Å²) in [5.41, 5.74) is 2.61. The van der Waals surface area contributed by atoms with E-state index in [-0.39, 0.29) is 46.2 Å². The second-order valence-corrected chi connectivity index (χ2v) is 14.5. The number of nitrogens with one attached hydrogen (secondary N) is 2. The first-order valence-electron chi connectivity index (χ1n) is 15.6. The summed E-state index contributed by atoms with van der Waals surface area (Å²) < 4.78 is 6.29. The number of esters is 1. The third kappa shape index (κ3) is 3.82. The molecule has 4 saturated carbocycles. The lowest BCUT2D eigenvalue weighted by Crippen LogP contribution is -2.58. The molecule has 0 radical (unpaired) electrons. The van der Waals surface area contributed by atoms with Gasteiger partial charge >= 0.3 is 5.97 Å². The monoisotopic (exact) mass is 544 g/mol. The standard InChI is InChI=1S/C35H48N2O3/c1-22(2)20-29(38)40-30-26-12-13-28-33(5)16-14-25(23(3)36-6)32(33,4)18-19-35(28)21-34(26,35)17-15-27(30)37-31(39)24-10-8-7-9-11-24/h7-13,20,23,25-28,30,36H,14-19,21H2,1-6H3,(H,37,39). The molecule has 5 aliphatic rings. The topological polar surface area (TPSA) is 67.4 Å². The number of carbonyl (C=O) groups excluding carboxylic acids is 2. The van der Waals surface area contributed by atoms with Gasteiger partial charge in [0.1, 0.15) is 6.10 Å². The molecule has 6 rings (SSSR count). The van der Waals surface area contributed by atoms with Crippen LogP contribution in [0.2, 0.25) is 0 Å². The molecule has 4 fully saturated rings. The summed E-state index contributed by atoms with van der Waals surface area (Å²) in [6.45, 7) is 11.4. The Hall–Kier alpha value is -2.40. The van der Waals surface area contributed by atoms with E-state index in [4.69, 9.17) is 4.74 Å². The van der Waals surface area contributed by atoms with Crippen LogP contribution >= 0.6 is 0 Å². The van der Waals surface area contributed by atoms with Crippen molar-refractivity contribution in [3.05, 3.63) is 59.7 Å². The average Bonchev–Trinajstić information content (AvgIpc) is 3.51. The SMILES string of the molecule is CNC(C)C1CCC2(C)C3C=CC4C(OC(=O)C=C(C)C)C(NC(=O)c5ccccc5)CCC45CC35CCC12C. The number of hydrogen-bond donors (Lipinski definition) is 2. The molecule has 1 aromatic carbocycles. The van der Waals surface area contributed by atoms with Gasteiger partial charge in [-0.25, -0.2) is 4.79 Å². The summed E-state index contributed by atoms with van der Waals surface area (Å²) in [7, 11) is 2.11. The molecule has 5 aliphatic carbocycles. The predicted molar refractivity (Wildman–Crippen MR) is 159 cm³/mol. The van der Waals surface area contributed by atoms with E-state index in [0.29, 0.717) is 28.9 Å². The van der Waals surface area contributed by atoms with Gasteiger partial charge in [0.25, 0.3) is 5.91 Å². The number of ether oxygens (including phenoxy) is 1. The summed E-state index contributed by atoms with van der Waals surface area (Å²) in [6, 6.07) is 9.70. The van der Waals surface area contributed by atoms with Crippen LogP contribution in [-0.4, -0.2) is 37.1 Å². The summed E-state index contributed by atoms with van der Waals surface area (Å²) in [5.74, 6) is 1.00. The van der Waals surface area contributed by atoms with Crippen molar-refractivity contribution in [1.29, 1.82) is 0 Å². The number of benzene rings is 1. The minimum Gasteiger partial charge on any atom is -0.456 e. The van der Waals surface area contributed by atoms with E-state index in [2.05, 4.69) is 50.6 Å². The minimum absolute atomic E-state index is 0.0930. The van der Waals surface area contributed by atoms with E-state index in [1.807, 2.05) is 44.2 Å². The Morgan fingerprint density at radius 2 is 1.73 bits per heavy atom. The van der Waals surface area contributed by atoms with Crippen LogP contribution in [0.3, 0.4) is 0 Å². The van der Waals surface area contributed by atoms with Crippen molar-refractivity contribution in [3.63, 3.8) is 0 Å². The first-order valence-corrected chi connectivity index (χ1v) is 15.6. The second-order valence-electron chi connectivity index (χ2n) is 14.5. The molecule has 216 valence electrons. The normalized spacial score (nSPS) is 43.3.